The SMILES string of the molecule is C[C@@]12C(=O)N(c3ccc(F)c(Cl)c3)C(=O)[C@@H]1C[C@@H]1C(=CC[C@@H]3C(=O)N(c4cc(C(F)(F)F)cc(C(F)(F)F)c4)C(=O)[C@@H]31)[C@@H]2c1cc(Br)ccc1O. The van der Waals surface area contributed by atoms with Crippen molar-refractivity contribution in [3.63, 3.8) is 0 Å². The zero-order valence-electron chi connectivity index (χ0n) is 26.0. The van der Waals surface area contributed by atoms with Gasteiger partial charge in [-0.25, -0.2) is 14.2 Å². The number of carbonyl (C=O) groups excluding carboxylic acids is 4. The lowest BCUT2D eigenvalue weighted by atomic mass is 9.51. The van der Waals surface area contributed by atoms with E-state index in [0.29, 0.717) is 27.1 Å². The number of benzene rings is 3. The third-order valence-corrected chi connectivity index (χ3v) is 11.4. The number of aromatic hydroxyl groups is 1. The molecule has 6 atom stereocenters. The minimum atomic E-state index is -5.24. The highest BCUT2D eigenvalue weighted by Gasteiger charge is 2.68. The van der Waals surface area contributed by atoms with Crippen molar-refractivity contribution in [2.45, 2.75) is 38.0 Å². The number of hydrogen-bond acceptors (Lipinski definition) is 5. The first-order valence-corrected chi connectivity index (χ1v) is 16.6. The van der Waals surface area contributed by atoms with E-state index in [0.717, 1.165) is 17.0 Å². The molecular weight excluding hydrogens is 777 g/mol. The highest BCUT2D eigenvalue weighted by atomic mass is 79.9. The number of halogens is 9. The van der Waals surface area contributed by atoms with E-state index in [9.17, 15) is 55.0 Å². The van der Waals surface area contributed by atoms with Gasteiger partial charge < -0.3 is 5.11 Å². The van der Waals surface area contributed by atoms with Crippen LogP contribution in [0.3, 0.4) is 0 Å². The molecule has 0 bridgehead atoms. The van der Waals surface area contributed by atoms with Crippen LogP contribution in [0.4, 0.5) is 42.1 Å². The molecule has 3 fully saturated rings. The summed E-state index contributed by atoms with van der Waals surface area (Å²) < 4.78 is 97.1. The molecule has 4 amide bonds. The summed E-state index contributed by atoms with van der Waals surface area (Å²) in [6, 6.07) is 8.18. The number of phenols is 1. The minimum absolute atomic E-state index is 0.0395. The number of alkyl halides is 6. The zero-order valence-corrected chi connectivity index (χ0v) is 28.3. The Morgan fingerprint density at radius 1 is 0.824 bits per heavy atom. The third kappa shape index (κ3) is 5.29. The van der Waals surface area contributed by atoms with Crippen LogP contribution in [-0.2, 0) is 31.5 Å². The van der Waals surface area contributed by atoms with Crippen LogP contribution in [0, 0.1) is 34.9 Å². The predicted octanol–water partition coefficient (Wildman–Crippen LogP) is 8.42. The Morgan fingerprint density at radius 3 is 2.08 bits per heavy atom. The minimum Gasteiger partial charge on any atom is -0.508 e. The zero-order chi connectivity index (χ0) is 37.1. The lowest BCUT2D eigenvalue weighted by molar-refractivity contribution is -0.143. The molecule has 7 rings (SSSR count). The van der Waals surface area contributed by atoms with Gasteiger partial charge in [-0.3, -0.25) is 19.2 Å². The van der Waals surface area contributed by atoms with Crippen LogP contribution in [0.2, 0.25) is 5.02 Å². The molecular formula is C35H23BrClF7N2O5. The number of rotatable bonds is 3. The smallest absolute Gasteiger partial charge is 0.416 e. The van der Waals surface area contributed by atoms with Crippen LogP contribution < -0.4 is 9.80 Å². The lowest BCUT2D eigenvalue weighted by Gasteiger charge is -2.49. The molecule has 2 heterocycles. The van der Waals surface area contributed by atoms with Gasteiger partial charge >= 0.3 is 12.4 Å². The van der Waals surface area contributed by atoms with Gasteiger partial charge in [0.2, 0.25) is 23.6 Å². The predicted molar refractivity (Wildman–Crippen MR) is 171 cm³/mol. The molecule has 2 aliphatic carbocycles. The summed E-state index contributed by atoms with van der Waals surface area (Å²) in [6.07, 6.45) is -9.28. The van der Waals surface area contributed by atoms with Crippen molar-refractivity contribution in [2.24, 2.45) is 29.1 Å². The van der Waals surface area contributed by atoms with Gasteiger partial charge in [-0.15, -0.1) is 0 Å². The van der Waals surface area contributed by atoms with Gasteiger partial charge in [0.05, 0.1) is 50.7 Å². The number of allylic oxidation sites excluding steroid dienone is 2. The van der Waals surface area contributed by atoms with E-state index in [1.165, 1.54) is 31.2 Å². The van der Waals surface area contributed by atoms with E-state index in [4.69, 9.17) is 11.6 Å². The molecule has 3 aromatic carbocycles. The van der Waals surface area contributed by atoms with Crippen molar-refractivity contribution < 1.29 is 55.0 Å². The summed E-state index contributed by atoms with van der Waals surface area (Å²) >= 11 is 9.35. The maximum Gasteiger partial charge on any atom is 0.416 e. The second-order valence-electron chi connectivity index (χ2n) is 13.2. The molecule has 2 saturated heterocycles. The molecule has 4 aliphatic rings. The summed E-state index contributed by atoms with van der Waals surface area (Å²) in [5.41, 5.74) is -5.41. The molecule has 0 spiro atoms. The van der Waals surface area contributed by atoms with Crippen molar-refractivity contribution in [3.05, 3.63) is 98.2 Å². The first kappa shape index (κ1) is 35.2. The number of carbonyl (C=O) groups is 4. The standard InChI is InChI=1S/C35H23BrClF7N2O5/c1-33-23(30(49)46(32(33)51)17-3-6-25(38)24(37)12-17)13-21-19(28(33)22-11-16(36)2-7-26(22)47)4-5-20-27(21)31(50)45(29(20)48)18-9-14(34(39,40)41)8-15(10-18)35(42,43)44/h2-4,6-12,20-21,23,27-28,47H,5,13H2,1H3/t20-,21+,23-,27-,28+,33+/m0/s1. The van der Waals surface area contributed by atoms with Gasteiger partial charge in [-0.2, -0.15) is 26.3 Å². The Bertz CT molecular complexity index is 2070. The number of anilines is 2. The molecule has 266 valence electrons. The fourth-order valence-electron chi connectivity index (χ4n) is 8.31. The molecule has 51 heavy (non-hydrogen) atoms. The van der Waals surface area contributed by atoms with E-state index < -0.39 is 93.6 Å². The Kier molecular flexibility index (Phi) is 8.03. The lowest BCUT2D eigenvalue weighted by Crippen LogP contribution is -2.48. The summed E-state index contributed by atoms with van der Waals surface area (Å²) in [5.74, 6) is -10.5. The highest BCUT2D eigenvalue weighted by Crippen LogP contribution is 2.64. The Hall–Kier alpha value is -4.24. The van der Waals surface area contributed by atoms with Gasteiger partial charge in [-0.1, -0.05) is 39.2 Å². The van der Waals surface area contributed by atoms with Crippen molar-refractivity contribution in [1.29, 1.82) is 0 Å². The topological polar surface area (TPSA) is 95.0 Å². The number of hydrogen-bond donors (Lipinski definition) is 1. The average molecular weight is 800 g/mol. The van der Waals surface area contributed by atoms with E-state index in [2.05, 4.69) is 15.9 Å². The van der Waals surface area contributed by atoms with Crippen LogP contribution in [0.5, 0.6) is 5.75 Å². The summed E-state index contributed by atoms with van der Waals surface area (Å²) in [4.78, 5) is 57.9. The summed E-state index contributed by atoms with van der Waals surface area (Å²) in [6.45, 7) is 1.52. The normalized spacial score (nSPS) is 27.8. The molecule has 1 N–H and O–H groups in total. The first-order chi connectivity index (χ1) is 23.7. The van der Waals surface area contributed by atoms with Crippen LogP contribution in [0.15, 0.2) is 70.7 Å². The molecule has 0 unspecified atom stereocenters. The van der Waals surface area contributed by atoms with Gasteiger partial charge in [0.15, 0.2) is 0 Å². The van der Waals surface area contributed by atoms with Crippen LogP contribution in [0.1, 0.15) is 42.4 Å². The third-order valence-electron chi connectivity index (χ3n) is 10.6. The number of fused-ring (bicyclic) bond motifs is 4. The van der Waals surface area contributed by atoms with E-state index >= 15 is 0 Å². The molecule has 16 heteroatoms. The fraction of sp³-hybridized carbons (Fsp3) is 0.314. The van der Waals surface area contributed by atoms with E-state index in [1.54, 1.807) is 6.08 Å². The monoisotopic (exact) mass is 798 g/mol. The Balaban J connectivity index is 1.37. The molecule has 7 nitrogen and oxygen atoms in total. The average Bonchev–Trinajstić information content (AvgIpc) is 3.42. The Labute approximate surface area is 297 Å². The van der Waals surface area contributed by atoms with Gasteiger partial charge in [0, 0.05) is 16.0 Å². The van der Waals surface area contributed by atoms with Crippen LogP contribution in [-0.4, -0.2) is 28.7 Å². The summed E-state index contributed by atoms with van der Waals surface area (Å²) in [7, 11) is 0. The fourth-order valence-corrected chi connectivity index (χ4v) is 8.86. The number of amides is 4. The number of nitrogens with zero attached hydrogens (tertiary/aromatic N) is 2. The maximum atomic E-state index is 14.5. The molecule has 1 saturated carbocycles. The Morgan fingerprint density at radius 2 is 1.47 bits per heavy atom. The van der Waals surface area contributed by atoms with Crippen molar-refractivity contribution in [2.75, 3.05) is 9.80 Å². The van der Waals surface area contributed by atoms with Crippen molar-refractivity contribution >= 4 is 62.5 Å². The van der Waals surface area contributed by atoms with Crippen molar-refractivity contribution in [1.82, 2.24) is 0 Å². The summed E-state index contributed by atoms with van der Waals surface area (Å²) in [5, 5.41) is 10.8. The molecule has 0 radical (unpaired) electrons. The van der Waals surface area contributed by atoms with Gasteiger partial charge in [-0.05, 0) is 80.3 Å². The molecule has 3 aromatic rings. The second kappa shape index (κ2) is 11.6. The highest BCUT2D eigenvalue weighted by molar-refractivity contribution is 9.10. The van der Waals surface area contributed by atoms with Gasteiger partial charge in [0.1, 0.15) is 11.6 Å². The van der Waals surface area contributed by atoms with E-state index in [-0.39, 0.29) is 40.9 Å². The first-order valence-electron chi connectivity index (χ1n) is 15.4. The second-order valence-corrected chi connectivity index (χ2v) is 14.6. The largest absolute Gasteiger partial charge is 0.508 e. The van der Waals surface area contributed by atoms with Gasteiger partial charge in [0.25, 0.3) is 0 Å². The van der Waals surface area contributed by atoms with Crippen LogP contribution >= 0.6 is 27.5 Å². The van der Waals surface area contributed by atoms with E-state index in [1.807, 2.05) is 0 Å². The molecule has 2 aliphatic heterocycles. The number of phenolic OH excluding ortho intramolecular Hbond substituents is 1. The number of imide groups is 2. The molecule has 0 aromatic heterocycles. The van der Waals surface area contributed by atoms with Crippen molar-refractivity contribution in [3.8, 4) is 5.75 Å². The quantitative estimate of drug-likeness (QED) is 0.163. The maximum absolute atomic E-state index is 14.5. The van der Waals surface area contributed by atoms with Crippen LogP contribution in [0.25, 0.3) is 0 Å².